The molecular weight excluding hydrogens is 334 g/mol. The summed E-state index contributed by atoms with van der Waals surface area (Å²) in [6, 6.07) is 12.3. The van der Waals surface area contributed by atoms with Crippen molar-refractivity contribution in [2.24, 2.45) is 5.10 Å². The van der Waals surface area contributed by atoms with E-state index in [1.165, 1.54) is 6.21 Å². The normalized spacial score (nSPS) is 10.4. The zero-order valence-electron chi connectivity index (χ0n) is 14.9. The van der Waals surface area contributed by atoms with Gasteiger partial charge in [-0.2, -0.15) is 5.10 Å². The zero-order chi connectivity index (χ0) is 18.9. The Kier molecular flexibility index (Phi) is 6.73. The lowest BCUT2D eigenvalue weighted by Gasteiger charge is -2.09. The highest BCUT2D eigenvalue weighted by atomic mass is 16.5. The minimum absolute atomic E-state index is 0.493. The second-order valence-corrected chi connectivity index (χ2v) is 5.36. The first-order valence-corrected chi connectivity index (χ1v) is 8.05. The number of anilines is 1. The van der Waals surface area contributed by atoms with E-state index in [-0.39, 0.29) is 0 Å². The van der Waals surface area contributed by atoms with Crippen LogP contribution < -0.4 is 20.2 Å². The number of hydrogen-bond acceptors (Lipinski definition) is 5. The van der Waals surface area contributed by atoms with Crippen molar-refractivity contribution in [3.63, 3.8) is 0 Å². The summed E-state index contributed by atoms with van der Waals surface area (Å²) < 4.78 is 10.7. The smallest absolute Gasteiger partial charge is 0.329 e. The van der Waals surface area contributed by atoms with Crippen LogP contribution in [0, 0.1) is 6.92 Å². The van der Waals surface area contributed by atoms with Crippen molar-refractivity contribution in [1.82, 2.24) is 5.43 Å². The predicted octanol–water partition coefficient (Wildman–Crippen LogP) is 2.49. The fourth-order valence-corrected chi connectivity index (χ4v) is 2.08. The van der Waals surface area contributed by atoms with Crippen LogP contribution in [0.25, 0.3) is 0 Å². The van der Waals surface area contributed by atoms with Crippen LogP contribution in [0.3, 0.4) is 0 Å². The molecule has 2 rings (SSSR count). The van der Waals surface area contributed by atoms with Gasteiger partial charge in [0.15, 0.2) is 11.5 Å². The Morgan fingerprint density at radius 1 is 1.08 bits per heavy atom. The Morgan fingerprint density at radius 2 is 1.81 bits per heavy atom. The largest absolute Gasteiger partial charge is 0.493 e. The number of ether oxygens (including phenoxy) is 2. The molecular formula is C19H21N3O4. The second-order valence-electron chi connectivity index (χ2n) is 5.36. The van der Waals surface area contributed by atoms with E-state index in [0.717, 1.165) is 5.56 Å². The van der Waals surface area contributed by atoms with Crippen molar-refractivity contribution in [2.75, 3.05) is 19.0 Å². The Hall–Kier alpha value is -3.35. The highest BCUT2D eigenvalue weighted by molar-refractivity contribution is 6.39. The standard InChI is InChI=1S/C19H21N3O4/c1-4-26-17-11-14(7-10-16(17)25-3)12-20-22-19(24)18(23)21-15-8-5-13(2)6-9-15/h5-12H,4H2,1-3H3,(H,21,23)(H,22,24)/b20-12-. The van der Waals surface area contributed by atoms with Crippen LogP contribution in [0.2, 0.25) is 0 Å². The average Bonchev–Trinajstić information content (AvgIpc) is 2.64. The molecule has 7 heteroatoms. The van der Waals surface area contributed by atoms with E-state index < -0.39 is 11.8 Å². The molecule has 0 saturated heterocycles. The maximum atomic E-state index is 11.8. The highest BCUT2D eigenvalue weighted by Gasteiger charge is 2.12. The van der Waals surface area contributed by atoms with Gasteiger partial charge in [-0.1, -0.05) is 17.7 Å². The SMILES string of the molecule is CCOc1cc(/C=N\NC(=O)C(=O)Nc2ccc(C)cc2)ccc1OC. The number of carbonyl (C=O) groups is 2. The van der Waals surface area contributed by atoms with E-state index in [9.17, 15) is 9.59 Å². The zero-order valence-corrected chi connectivity index (χ0v) is 14.9. The number of nitrogens with zero attached hydrogens (tertiary/aromatic N) is 1. The van der Waals surface area contributed by atoms with Crippen LogP contribution in [0.1, 0.15) is 18.1 Å². The number of benzene rings is 2. The van der Waals surface area contributed by atoms with Crippen LogP contribution in [0.4, 0.5) is 5.69 Å². The van der Waals surface area contributed by atoms with Gasteiger partial charge in [0, 0.05) is 5.69 Å². The Balaban J connectivity index is 1.94. The van der Waals surface area contributed by atoms with Crippen LogP contribution in [0.15, 0.2) is 47.6 Å². The van der Waals surface area contributed by atoms with Gasteiger partial charge < -0.3 is 14.8 Å². The summed E-state index contributed by atoms with van der Waals surface area (Å²) in [6.45, 7) is 4.29. The molecule has 2 aromatic carbocycles. The lowest BCUT2D eigenvalue weighted by molar-refractivity contribution is -0.136. The summed E-state index contributed by atoms with van der Waals surface area (Å²) in [5.74, 6) is -0.482. The molecule has 0 fully saturated rings. The number of hydrogen-bond donors (Lipinski definition) is 2. The molecule has 0 aliphatic carbocycles. The molecule has 0 aromatic heterocycles. The quantitative estimate of drug-likeness (QED) is 0.473. The molecule has 0 spiro atoms. The average molecular weight is 355 g/mol. The number of aryl methyl sites for hydroxylation is 1. The van der Waals surface area contributed by atoms with Crippen LogP contribution >= 0.6 is 0 Å². The Bertz CT molecular complexity index is 801. The van der Waals surface area contributed by atoms with E-state index in [1.54, 1.807) is 37.4 Å². The number of methoxy groups -OCH3 is 1. The van der Waals surface area contributed by atoms with Gasteiger partial charge in [-0.15, -0.1) is 0 Å². The van der Waals surface area contributed by atoms with Gasteiger partial charge in [0.1, 0.15) is 0 Å². The Labute approximate surface area is 152 Å². The first-order valence-electron chi connectivity index (χ1n) is 8.05. The molecule has 136 valence electrons. The first-order chi connectivity index (χ1) is 12.5. The van der Waals surface area contributed by atoms with Gasteiger partial charge >= 0.3 is 11.8 Å². The first kappa shape index (κ1) is 19.0. The predicted molar refractivity (Wildman–Crippen MR) is 99.7 cm³/mol. The van der Waals surface area contributed by atoms with Crippen molar-refractivity contribution >= 4 is 23.7 Å². The third kappa shape index (κ3) is 5.34. The van der Waals surface area contributed by atoms with E-state index >= 15 is 0 Å². The maximum absolute atomic E-state index is 11.8. The topological polar surface area (TPSA) is 89.0 Å². The van der Waals surface area contributed by atoms with Crippen molar-refractivity contribution in [1.29, 1.82) is 0 Å². The molecule has 0 unspecified atom stereocenters. The van der Waals surface area contributed by atoms with Gasteiger partial charge in [0.2, 0.25) is 0 Å². The van der Waals surface area contributed by atoms with Crippen LogP contribution in [-0.2, 0) is 9.59 Å². The van der Waals surface area contributed by atoms with Gasteiger partial charge in [-0.05, 0) is 49.7 Å². The maximum Gasteiger partial charge on any atom is 0.329 e. The van der Waals surface area contributed by atoms with E-state index in [2.05, 4.69) is 15.8 Å². The number of rotatable bonds is 6. The van der Waals surface area contributed by atoms with Gasteiger partial charge in [-0.3, -0.25) is 9.59 Å². The third-order valence-electron chi connectivity index (χ3n) is 3.38. The van der Waals surface area contributed by atoms with E-state index in [1.807, 2.05) is 26.0 Å². The lowest BCUT2D eigenvalue weighted by Crippen LogP contribution is -2.32. The van der Waals surface area contributed by atoms with E-state index in [0.29, 0.717) is 29.4 Å². The molecule has 2 amide bonds. The molecule has 0 aliphatic heterocycles. The van der Waals surface area contributed by atoms with Crippen molar-refractivity contribution in [3.8, 4) is 11.5 Å². The van der Waals surface area contributed by atoms with Gasteiger partial charge in [-0.25, -0.2) is 5.43 Å². The Morgan fingerprint density at radius 3 is 2.46 bits per heavy atom. The molecule has 0 bridgehead atoms. The summed E-state index contributed by atoms with van der Waals surface area (Å²) in [6.07, 6.45) is 1.42. The van der Waals surface area contributed by atoms with Crippen molar-refractivity contribution in [2.45, 2.75) is 13.8 Å². The summed E-state index contributed by atoms with van der Waals surface area (Å²) in [5, 5.41) is 6.29. The number of carbonyl (C=O) groups excluding carboxylic acids is 2. The van der Waals surface area contributed by atoms with Crippen LogP contribution in [0.5, 0.6) is 11.5 Å². The molecule has 7 nitrogen and oxygen atoms in total. The van der Waals surface area contributed by atoms with Crippen molar-refractivity contribution in [3.05, 3.63) is 53.6 Å². The molecule has 0 heterocycles. The highest BCUT2D eigenvalue weighted by Crippen LogP contribution is 2.27. The molecule has 0 radical (unpaired) electrons. The molecule has 0 saturated carbocycles. The molecule has 0 atom stereocenters. The minimum Gasteiger partial charge on any atom is -0.493 e. The molecule has 0 aliphatic rings. The minimum atomic E-state index is -0.861. The summed E-state index contributed by atoms with van der Waals surface area (Å²) in [7, 11) is 1.55. The van der Waals surface area contributed by atoms with Gasteiger partial charge in [0.05, 0.1) is 19.9 Å². The number of nitrogens with one attached hydrogen (secondary N) is 2. The van der Waals surface area contributed by atoms with Crippen LogP contribution in [-0.4, -0.2) is 31.7 Å². The molecule has 2 aromatic rings. The fraction of sp³-hybridized carbons (Fsp3) is 0.211. The summed E-state index contributed by atoms with van der Waals surface area (Å²) >= 11 is 0. The third-order valence-corrected chi connectivity index (χ3v) is 3.38. The summed E-state index contributed by atoms with van der Waals surface area (Å²) in [5.41, 5.74) is 4.47. The lowest BCUT2D eigenvalue weighted by atomic mass is 10.2. The van der Waals surface area contributed by atoms with Crippen molar-refractivity contribution < 1.29 is 19.1 Å². The van der Waals surface area contributed by atoms with E-state index in [4.69, 9.17) is 9.47 Å². The number of amides is 2. The second kappa shape index (κ2) is 9.22. The molecule has 2 N–H and O–H groups in total. The number of hydrazone groups is 1. The molecule has 26 heavy (non-hydrogen) atoms. The van der Waals surface area contributed by atoms with Gasteiger partial charge in [0.25, 0.3) is 0 Å². The monoisotopic (exact) mass is 355 g/mol. The summed E-state index contributed by atoms with van der Waals surface area (Å²) in [4.78, 5) is 23.6. The fourth-order valence-electron chi connectivity index (χ4n) is 2.08.